The summed E-state index contributed by atoms with van der Waals surface area (Å²) in [4.78, 5) is 0. The van der Waals surface area contributed by atoms with Crippen LogP contribution in [0.25, 0.3) is 0 Å². The third kappa shape index (κ3) is 7.00. The van der Waals surface area contributed by atoms with Crippen LogP contribution in [0.1, 0.15) is 87.1 Å². The first-order valence-electron chi connectivity index (χ1n) is 11.9. The summed E-state index contributed by atoms with van der Waals surface area (Å²) in [6.07, 6.45) is 0. The maximum absolute atomic E-state index is 5.81. The maximum Gasteiger partial charge on any atom is 2.00 e. The minimum atomic E-state index is 0. The van der Waals surface area contributed by atoms with E-state index in [1.54, 1.807) is 14.2 Å². The molecule has 35 heavy (non-hydrogen) atoms. The van der Waals surface area contributed by atoms with Crippen molar-refractivity contribution in [2.24, 2.45) is 0 Å². The summed E-state index contributed by atoms with van der Waals surface area (Å²) < 4.78 is 11.6. The van der Waals surface area contributed by atoms with Gasteiger partial charge in [0.15, 0.2) is 10.6 Å². The average molecular weight is 535 g/mol. The van der Waals surface area contributed by atoms with Gasteiger partial charge in [0.2, 0.25) is 0 Å². The second-order valence-corrected chi connectivity index (χ2v) is 10.7. The van der Waals surface area contributed by atoms with E-state index in [0.29, 0.717) is 26.0 Å². The number of methoxy groups -OCH3 is 2. The van der Waals surface area contributed by atoms with Gasteiger partial charge in [0.25, 0.3) is 0 Å². The number of para-hydroxylation sites is 2. The molecule has 0 bridgehead atoms. The topological polar surface area (TPSA) is 18.5 Å². The number of rotatable bonds is 8. The number of ether oxygens (including phenoxy) is 2. The van der Waals surface area contributed by atoms with E-state index in [1.807, 2.05) is 24.3 Å². The van der Waals surface area contributed by atoms with Gasteiger partial charge in [0, 0.05) is 11.1 Å². The summed E-state index contributed by atoms with van der Waals surface area (Å²) >= 11 is 0. The molecule has 190 valence electrons. The van der Waals surface area contributed by atoms with E-state index in [4.69, 9.17) is 9.47 Å². The Labute approximate surface area is 225 Å². The molecule has 0 saturated carbocycles. The third-order valence-corrected chi connectivity index (χ3v) is 7.75. The standard InChI is InChI=1S/C30H37O2P.CH3.Ni/c1-19(2)22-17-25(20(3)4)30(26(18-22)21(5)6)33-29(23-13-9-11-15-27(23)31-7)24-14-10-12-16-28(24)32-8;;/h9-21H,1-8H3;1H3;/q;-1;+2/p+1. The molecule has 0 aliphatic rings. The van der Waals surface area contributed by atoms with Crippen LogP contribution in [0.3, 0.4) is 0 Å². The summed E-state index contributed by atoms with van der Waals surface area (Å²) in [5.41, 5.74) is 6.57. The van der Waals surface area contributed by atoms with Crippen molar-refractivity contribution in [3.8, 4) is 11.5 Å². The van der Waals surface area contributed by atoms with Crippen LogP contribution in [0.15, 0.2) is 60.7 Å². The van der Waals surface area contributed by atoms with E-state index in [-0.39, 0.29) is 23.9 Å². The van der Waals surface area contributed by atoms with E-state index >= 15 is 0 Å². The van der Waals surface area contributed by atoms with Crippen LogP contribution < -0.4 is 14.8 Å². The molecule has 2 nitrogen and oxygen atoms in total. The van der Waals surface area contributed by atoms with Crippen molar-refractivity contribution < 1.29 is 26.0 Å². The van der Waals surface area contributed by atoms with Crippen molar-refractivity contribution in [3.05, 3.63) is 95.9 Å². The number of hydrogen-bond donors (Lipinski definition) is 0. The molecule has 3 rings (SSSR count). The Balaban J connectivity index is 0.00000306. The smallest absolute Gasteiger partial charge is 0.496 e. The fraction of sp³-hybridized carbons (Fsp3) is 0.355. The predicted octanol–water partition coefficient (Wildman–Crippen LogP) is 8.09. The molecule has 3 aromatic rings. The Bertz CT molecular complexity index is 1050. The Morgan fingerprint density at radius 3 is 1.40 bits per heavy atom. The summed E-state index contributed by atoms with van der Waals surface area (Å²) in [5.74, 6) is 3.17. The molecule has 0 heterocycles. The largest absolute Gasteiger partial charge is 2.00 e. The van der Waals surface area contributed by atoms with Crippen molar-refractivity contribution in [2.45, 2.75) is 59.3 Å². The van der Waals surface area contributed by atoms with Gasteiger partial charge < -0.3 is 16.9 Å². The molecule has 0 spiro atoms. The predicted molar refractivity (Wildman–Crippen MR) is 152 cm³/mol. The molecule has 0 aliphatic carbocycles. The zero-order chi connectivity index (χ0) is 24.1. The third-order valence-electron chi connectivity index (χ3n) is 6.13. The molecule has 0 amide bonds. The molecule has 0 N–H and O–H groups in total. The van der Waals surface area contributed by atoms with Gasteiger partial charge in [0.05, 0.1) is 25.3 Å². The van der Waals surface area contributed by atoms with Gasteiger partial charge in [-0.1, -0.05) is 77.9 Å². The summed E-state index contributed by atoms with van der Waals surface area (Å²) in [6, 6.07) is 21.5. The molecular formula is C31H41NiO2P+2. The molecule has 1 atom stereocenters. The molecular weight excluding hydrogens is 494 g/mol. The second-order valence-electron chi connectivity index (χ2n) is 9.44. The molecule has 0 radical (unpaired) electrons. The summed E-state index contributed by atoms with van der Waals surface area (Å²) in [5, 5.41) is 2.71. The van der Waals surface area contributed by atoms with Crippen molar-refractivity contribution >= 4 is 18.8 Å². The SMILES string of the molecule is COc1ccccc1C(=[PH+]c1c(C(C)C)cc(C(C)C)cc1C(C)C)c1ccccc1OC.[CH3-].[Ni+2]. The molecule has 1 unspecified atom stereocenters. The Kier molecular flexibility index (Phi) is 12.3. The van der Waals surface area contributed by atoms with Crippen molar-refractivity contribution in [1.29, 1.82) is 0 Å². The Morgan fingerprint density at radius 2 is 1.06 bits per heavy atom. The van der Waals surface area contributed by atoms with Crippen LogP contribution in [0, 0.1) is 7.43 Å². The van der Waals surface area contributed by atoms with Crippen LogP contribution in [0.4, 0.5) is 0 Å². The zero-order valence-corrected chi connectivity index (χ0v) is 24.6. The van der Waals surface area contributed by atoms with E-state index in [9.17, 15) is 0 Å². The molecule has 3 aromatic carbocycles. The van der Waals surface area contributed by atoms with E-state index in [0.717, 1.165) is 22.6 Å². The van der Waals surface area contributed by atoms with Gasteiger partial charge in [-0.15, -0.1) is 0 Å². The maximum atomic E-state index is 5.81. The van der Waals surface area contributed by atoms with Crippen LogP contribution in [-0.2, 0) is 16.5 Å². The summed E-state index contributed by atoms with van der Waals surface area (Å²) in [6.45, 7) is 13.8. The summed E-state index contributed by atoms with van der Waals surface area (Å²) in [7, 11) is 3.98. The monoisotopic (exact) mass is 534 g/mol. The molecule has 0 saturated heterocycles. The first-order chi connectivity index (χ1) is 15.8. The Morgan fingerprint density at radius 1 is 0.657 bits per heavy atom. The number of benzene rings is 3. The Hall–Kier alpha value is -2.08. The quantitative estimate of drug-likeness (QED) is 0.165. The van der Waals surface area contributed by atoms with E-state index < -0.39 is 0 Å². The average Bonchev–Trinajstić information content (AvgIpc) is 2.81. The fourth-order valence-electron chi connectivity index (χ4n) is 4.21. The zero-order valence-electron chi connectivity index (χ0n) is 22.6. The molecule has 0 fully saturated rings. The van der Waals surface area contributed by atoms with Gasteiger partial charge in [-0.25, -0.2) is 0 Å². The van der Waals surface area contributed by atoms with Crippen LogP contribution >= 0.6 is 8.20 Å². The first-order valence-corrected chi connectivity index (χ1v) is 12.9. The molecule has 4 heteroatoms. The van der Waals surface area contributed by atoms with Gasteiger partial charge in [0.1, 0.15) is 19.7 Å². The van der Waals surface area contributed by atoms with Crippen LogP contribution in [0.2, 0.25) is 0 Å². The molecule has 0 aromatic heterocycles. The van der Waals surface area contributed by atoms with E-state index in [2.05, 4.69) is 77.9 Å². The van der Waals surface area contributed by atoms with Gasteiger partial charge in [-0.2, -0.15) is 0 Å². The van der Waals surface area contributed by atoms with E-state index in [1.165, 1.54) is 27.3 Å². The first kappa shape index (κ1) is 31.0. The minimum absolute atomic E-state index is 0. The number of hydrogen-bond acceptors (Lipinski definition) is 2. The van der Waals surface area contributed by atoms with Crippen molar-refractivity contribution in [2.75, 3.05) is 14.2 Å². The molecule has 0 aliphatic heterocycles. The van der Waals surface area contributed by atoms with Crippen LogP contribution in [-0.4, -0.2) is 19.5 Å². The van der Waals surface area contributed by atoms with Gasteiger partial charge in [-0.05, 0) is 47.6 Å². The minimum Gasteiger partial charge on any atom is -0.496 e. The normalized spacial score (nSPS) is 10.8. The van der Waals surface area contributed by atoms with Crippen LogP contribution in [0.5, 0.6) is 11.5 Å². The van der Waals surface area contributed by atoms with Crippen molar-refractivity contribution in [3.63, 3.8) is 0 Å². The van der Waals surface area contributed by atoms with Gasteiger partial charge in [-0.3, -0.25) is 0 Å². The van der Waals surface area contributed by atoms with Gasteiger partial charge >= 0.3 is 16.5 Å². The second kappa shape index (κ2) is 13.9. The fourth-order valence-corrected chi connectivity index (χ4v) is 6.15. The van der Waals surface area contributed by atoms with Crippen molar-refractivity contribution in [1.82, 2.24) is 0 Å².